The van der Waals surface area contributed by atoms with Crippen LogP contribution < -0.4 is 5.32 Å². The van der Waals surface area contributed by atoms with Crippen molar-refractivity contribution in [2.75, 3.05) is 40.9 Å². The van der Waals surface area contributed by atoms with Gasteiger partial charge in [0.2, 0.25) is 5.91 Å². The predicted molar refractivity (Wildman–Crippen MR) is 388 cm³/mol. The van der Waals surface area contributed by atoms with Crippen molar-refractivity contribution in [3.63, 3.8) is 0 Å². The lowest BCUT2D eigenvalue weighted by Gasteiger charge is -2.27. The molecule has 0 aromatic carbocycles. The fourth-order valence-corrected chi connectivity index (χ4v) is 11.8. The quantitative estimate of drug-likeness (QED) is 0.0205. The molecule has 0 aromatic rings. The highest BCUT2D eigenvalue weighted by atomic mass is 31.2. The van der Waals surface area contributed by atoms with E-state index >= 15 is 0 Å². The number of phosphoric ester groups is 1. The molecule has 0 radical (unpaired) electrons. The zero-order chi connectivity index (χ0) is 64.9. The lowest BCUT2D eigenvalue weighted by Crippen LogP contribution is -2.47. The molecular formula is C79H146N2O7P+. The second kappa shape index (κ2) is 68.1. The zero-order valence-electron chi connectivity index (χ0n) is 59.4. The zero-order valence-corrected chi connectivity index (χ0v) is 60.3. The lowest BCUT2D eigenvalue weighted by atomic mass is 10.0. The summed E-state index contributed by atoms with van der Waals surface area (Å²) < 4.78 is 30.9. The molecule has 2 N–H and O–H groups in total. The second-order valence-corrected chi connectivity index (χ2v) is 28.2. The molecule has 0 spiro atoms. The minimum absolute atomic E-state index is 0.0361. The van der Waals surface area contributed by atoms with E-state index in [9.17, 15) is 19.0 Å². The number of likely N-dealkylation sites (N-methyl/N-ethyl adjacent to an activating group) is 1. The van der Waals surface area contributed by atoms with Gasteiger partial charge in [-0.1, -0.05) is 324 Å². The van der Waals surface area contributed by atoms with Gasteiger partial charge in [0.1, 0.15) is 19.3 Å². The van der Waals surface area contributed by atoms with E-state index in [2.05, 4.69) is 99.0 Å². The van der Waals surface area contributed by atoms with Crippen molar-refractivity contribution in [3.05, 3.63) is 85.1 Å². The van der Waals surface area contributed by atoms with Crippen LogP contribution in [0, 0.1) is 0 Å². The topological polar surface area (TPSA) is 111 Å². The van der Waals surface area contributed by atoms with E-state index in [0.717, 1.165) is 103 Å². The monoisotopic (exact) mass is 1270 g/mol. The lowest BCUT2D eigenvalue weighted by molar-refractivity contribution is -0.870. The molecule has 10 heteroatoms. The van der Waals surface area contributed by atoms with Crippen LogP contribution in [0.2, 0.25) is 0 Å². The Kier molecular flexibility index (Phi) is 65.9. The van der Waals surface area contributed by atoms with Crippen LogP contribution in [0.1, 0.15) is 355 Å². The molecule has 1 amide bonds. The van der Waals surface area contributed by atoms with Crippen molar-refractivity contribution >= 4 is 19.7 Å². The van der Waals surface area contributed by atoms with Crippen molar-refractivity contribution in [2.24, 2.45) is 0 Å². The van der Waals surface area contributed by atoms with Crippen LogP contribution in [-0.2, 0) is 27.9 Å². The molecule has 0 saturated carbocycles. The van der Waals surface area contributed by atoms with Gasteiger partial charge in [-0.05, 0) is 102 Å². The number of ether oxygens (including phenoxy) is 1. The second-order valence-electron chi connectivity index (χ2n) is 26.8. The molecule has 0 saturated heterocycles. The summed E-state index contributed by atoms with van der Waals surface area (Å²) in [6.45, 7) is 6.93. The Morgan fingerprint density at radius 1 is 0.404 bits per heavy atom. The Labute approximate surface area is 552 Å². The number of nitrogens with one attached hydrogen (secondary N) is 1. The summed E-state index contributed by atoms with van der Waals surface area (Å²) in [5.41, 5.74) is 0. The minimum atomic E-state index is -4.46. The number of nitrogens with zero attached hydrogens (tertiary/aromatic N) is 1. The van der Waals surface area contributed by atoms with Crippen molar-refractivity contribution in [1.82, 2.24) is 5.32 Å². The maximum absolute atomic E-state index is 13.6. The Morgan fingerprint density at radius 2 is 0.719 bits per heavy atom. The van der Waals surface area contributed by atoms with Crippen molar-refractivity contribution < 1.29 is 37.3 Å². The Hall–Kier alpha value is -2.81. The standard InChI is InChI=1S/C79H145N2O7P/c1-7-10-13-16-19-22-25-28-30-32-34-36-38-39-40-41-43-45-47-49-51-54-57-60-63-66-69-72-79(83)88-77(70-67-64-61-58-55-52-27-24-21-18-15-12-9-3)76(75-87-89(84,85)86-74-73-81(4,5)6)80-78(82)71-68-65-62-59-56-53-50-48-46-44-42-37-35-33-31-29-26-23-20-17-14-11-8-2/h11,14,20,23,28-31,35,37,44,46,67,70,76-77H,7-10,12-13,15-19,21-22,24-27,32-34,36,38-43,45,47-66,68-69,71-75H2,1-6H3,(H-,80,82,84,85)/p+1/b14-11-,23-20-,30-28+,31-29-,37-35-,46-44-,70-67+. The number of quaternary nitrogens is 1. The van der Waals surface area contributed by atoms with Gasteiger partial charge in [-0.2, -0.15) is 0 Å². The maximum Gasteiger partial charge on any atom is 0.472 e. The van der Waals surface area contributed by atoms with Crippen LogP contribution in [0.3, 0.4) is 0 Å². The number of phosphoric acid groups is 1. The van der Waals surface area contributed by atoms with Gasteiger partial charge in [0.15, 0.2) is 0 Å². The number of esters is 1. The summed E-state index contributed by atoms with van der Waals surface area (Å²) in [5, 5.41) is 3.07. The first-order chi connectivity index (χ1) is 43.4. The molecule has 0 fully saturated rings. The molecule has 0 bridgehead atoms. The summed E-state index contributed by atoms with van der Waals surface area (Å²) in [6.07, 6.45) is 91.8. The highest BCUT2D eigenvalue weighted by Gasteiger charge is 2.30. The Bertz CT molecular complexity index is 1800. The first-order valence-electron chi connectivity index (χ1n) is 37.9. The third-order valence-corrected chi connectivity index (χ3v) is 17.8. The smallest absolute Gasteiger partial charge is 0.456 e. The molecule has 89 heavy (non-hydrogen) atoms. The molecule has 0 aliphatic carbocycles. The van der Waals surface area contributed by atoms with Crippen LogP contribution in [0.4, 0.5) is 0 Å². The van der Waals surface area contributed by atoms with E-state index in [4.69, 9.17) is 13.8 Å². The van der Waals surface area contributed by atoms with Gasteiger partial charge in [0.05, 0.1) is 33.8 Å². The number of allylic oxidation sites excluding steroid dienone is 13. The summed E-state index contributed by atoms with van der Waals surface area (Å²) in [5.74, 6) is -0.506. The molecular weight excluding hydrogens is 1120 g/mol. The largest absolute Gasteiger partial charge is 0.472 e. The molecule has 3 unspecified atom stereocenters. The molecule has 0 aliphatic rings. The number of amides is 1. The minimum Gasteiger partial charge on any atom is -0.456 e. The third kappa shape index (κ3) is 69.4. The predicted octanol–water partition coefficient (Wildman–Crippen LogP) is 24.5. The summed E-state index contributed by atoms with van der Waals surface area (Å²) in [7, 11) is 1.49. The SMILES string of the molecule is CC/C=C\C/C=C\C/C=C\C/C=C\C/C=C\CCCCCCCCCC(=O)NC(COP(=O)(O)OCC[N+](C)(C)C)C(/C=C/CCCCCCCCCCCCC)OC(=O)CCCCCCCCCCCCCCCCCCC/C=C/CCCCCCCC. The number of carbonyl (C=O) groups excluding carboxylic acids is 2. The molecule has 0 aliphatic heterocycles. The van der Waals surface area contributed by atoms with Crippen LogP contribution in [-0.4, -0.2) is 74.3 Å². The average Bonchev–Trinajstić information content (AvgIpc) is 3.64. The summed E-state index contributed by atoms with van der Waals surface area (Å²) in [6, 6.07) is -0.859. The fraction of sp³-hybridized carbons (Fsp3) is 0.797. The molecule has 3 atom stereocenters. The van der Waals surface area contributed by atoms with Crippen molar-refractivity contribution in [1.29, 1.82) is 0 Å². The van der Waals surface area contributed by atoms with Gasteiger partial charge in [0, 0.05) is 12.8 Å². The van der Waals surface area contributed by atoms with Gasteiger partial charge in [0.25, 0.3) is 0 Å². The highest BCUT2D eigenvalue weighted by molar-refractivity contribution is 7.47. The van der Waals surface area contributed by atoms with E-state index in [0.29, 0.717) is 17.4 Å². The van der Waals surface area contributed by atoms with E-state index in [1.807, 2.05) is 33.3 Å². The fourth-order valence-electron chi connectivity index (χ4n) is 11.0. The van der Waals surface area contributed by atoms with Crippen LogP contribution in [0.5, 0.6) is 0 Å². The van der Waals surface area contributed by atoms with Gasteiger partial charge in [-0.15, -0.1) is 0 Å². The van der Waals surface area contributed by atoms with Crippen molar-refractivity contribution in [3.8, 4) is 0 Å². The number of hydrogen-bond donors (Lipinski definition) is 2. The van der Waals surface area contributed by atoms with E-state index < -0.39 is 20.0 Å². The van der Waals surface area contributed by atoms with E-state index in [1.54, 1.807) is 0 Å². The number of rotatable bonds is 69. The molecule has 0 aromatic heterocycles. The number of carbonyl (C=O) groups is 2. The highest BCUT2D eigenvalue weighted by Crippen LogP contribution is 2.43. The van der Waals surface area contributed by atoms with Gasteiger partial charge >= 0.3 is 13.8 Å². The van der Waals surface area contributed by atoms with Gasteiger partial charge in [-0.25, -0.2) is 4.57 Å². The normalized spacial score (nSPS) is 13.9. The maximum atomic E-state index is 13.6. The first-order valence-corrected chi connectivity index (χ1v) is 39.4. The molecule has 9 nitrogen and oxygen atoms in total. The van der Waals surface area contributed by atoms with Crippen LogP contribution in [0.15, 0.2) is 85.1 Å². The molecule has 518 valence electrons. The molecule has 0 heterocycles. The van der Waals surface area contributed by atoms with Gasteiger partial charge < -0.3 is 19.4 Å². The van der Waals surface area contributed by atoms with Crippen LogP contribution in [0.25, 0.3) is 0 Å². The Morgan fingerprint density at radius 3 is 1.09 bits per heavy atom. The average molecular weight is 1270 g/mol. The summed E-state index contributed by atoms with van der Waals surface area (Å²) >= 11 is 0. The third-order valence-electron chi connectivity index (χ3n) is 16.8. The number of unbranched alkanes of at least 4 members (excludes halogenated alkanes) is 41. The number of hydrogen-bond acceptors (Lipinski definition) is 6. The van der Waals surface area contributed by atoms with E-state index in [1.165, 1.54) is 218 Å². The summed E-state index contributed by atoms with van der Waals surface area (Å²) in [4.78, 5) is 38.0. The Balaban J connectivity index is 5.03. The van der Waals surface area contributed by atoms with Gasteiger partial charge in [-0.3, -0.25) is 18.6 Å². The molecule has 0 rings (SSSR count). The van der Waals surface area contributed by atoms with Crippen molar-refractivity contribution in [2.45, 2.75) is 367 Å². The first kappa shape index (κ1) is 86.2. The van der Waals surface area contributed by atoms with E-state index in [-0.39, 0.29) is 31.5 Å². The van der Waals surface area contributed by atoms with Crippen LogP contribution >= 0.6 is 7.82 Å².